The summed E-state index contributed by atoms with van der Waals surface area (Å²) in [5.74, 6) is 0.0333. The molecule has 0 unspecified atom stereocenters. The van der Waals surface area contributed by atoms with Crippen LogP contribution < -0.4 is 16.2 Å². The molecule has 0 atom stereocenters. The highest BCUT2D eigenvalue weighted by molar-refractivity contribution is 6.32. The van der Waals surface area contributed by atoms with Gasteiger partial charge >= 0.3 is 0 Å². The summed E-state index contributed by atoms with van der Waals surface area (Å²) in [7, 11) is 0. The zero-order valence-electron chi connectivity index (χ0n) is 19.3. The van der Waals surface area contributed by atoms with Gasteiger partial charge in [0.2, 0.25) is 11.9 Å². The molecule has 0 aliphatic carbocycles. The molecule has 0 fully saturated rings. The molecular weight excluding hydrogens is 483 g/mol. The number of rotatable bonds is 7. The van der Waals surface area contributed by atoms with Gasteiger partial charge in [0, 0.05) is 33.2 Å². The number of amides is 1. The standard InChI is InChI=1S/C27H24Cl2N4O2/c1-17-21(28)10-6-12-23(17)30-25(34)14-20-16-33(15-19-8-4-3-5-9-19)27(32-26(20)35)31-24-13-7-11-22(29)18(24)2/h3-13,16H,14-15H2,1-2H3,(H,30,34)(H,31,32,35). The first-order valence-corrected chi connectivity index (χ1v) is 11.8. The molecule has 0 bridgehead atoms. The fourth-order valence-corrected chi connectivity index (χ4v) is 3.98. The van der Waals surface area contributed by atoms with Crippen molar-refractivity contribution in [2.24, 2.45) is 0 Å². The minimum Gasteiger partial charge on any atom is -0.326 e. The van der Waals surface area contributed by atoms with E-state index in [-0.39, 0.29) is 17.9 Å². The van der Waals surface area contributed by atoms with E-state index in [1.165, 1.54) is 0 Å². The van der Waals surface area contributed by atoms with Crippen molar-refractivity contribution in [1.29, 1.82) is 0 Å². The average molecular weight is 507 g/mol. The lowest BCUT2D eigenvalue weighted by Crippen LogP contribution is -2.25. The van der Waals surface area contributed by atoms with E-state index < -0.39 is 5.56 Å². The Bertz CT molecular complexity index is 1440. The molecule has 0 aliphatic heterocycles. The minimum atomic E-state index is -0.477. The molecular formula is C27H24Cl2N4O2. The Balaban J connectivity index is 1.66. The van der Waals surface area contributed by atoms with Gasteiger partial charge in [-0.1, -0.05) is 65.7 Å². The van der Waals surface area contributed by atoms with E-state index in [2.05, 4.69) is 15.6 Å². The van der Waals surface area contributed by atoms with Crippen molar-refractivity contribution in [2.75, 3.05) is 10.6 Å². The number of nitrogens with one attached hydrogen (secondary N) is 2. The second-order valence-electron chi connectivity index (χ2n) is 8.18. The van der Waals surface area contributed by atoms with E-state index in [1.54, 1.807) is 30.5 Å². The number of anilines is 3. The molecule has 178 valence electrons. The van der Waals surface area contributed by atoms with Crippen molar-refractivity contribution in [2.45, 2.75) is 26.8 Å². The second kappa shape index (κ2) is 10.8. The van der Waals surface area contributed by atoms with E-state index in [0.717, 1.165) is 22.4 Å². The number of benzene rings is 3. The number of carbonyl (C=O) groups excluding carboxylic acids is 1. The van der Waals surface area contributed by atoms with E-state index in [1.807, 2.05) is 60.9 Å². The molecule has 8 heteroatoms. The molecule has 3 aromatic carbocycles. The van der Waals surface area contributed by atoms with E-state index in [4.69, 9.17) is 23.2 Å². The maximum absolute atomic E-state index is 12.9. The van der Waals surface area contributed by atoms with Gasteiger partial charge in [-0.15, -0.1) is 0 Å². The normalized spacial score (nSPS) is 10.7. The van der Waals surface area contributed by atoms with Gasteiger partial charge in [-0.3, -0.25) is 9.59 Å². The van der Waals surface area contributed by atoms with Gasteiger partial charge in [0.1, 0.15) is 0 Å². The predicted molar refractivity (Wildman–Crippen MR) is 142 cm³/mol. The molecule has 2 N–H and O–H groups in total. The second-order valence-corrected chi connectivity index (χ2v) is 9.00. The summed E-state index contributed by atoms with van der Waals surface area (Å²) in [5, 5.41) is 7.23. The summed E-state index contributed by atoms with van der Waals surface area (Å²) >= 11 is 12.4. The molecule has 4 aromatic rings. The van der Waals surface area contributed by atoms with Crippen LogP contribution in [-0.4, -0.2) is 15.5 Å². The highest BCUT2D eigenvalue weighted by Crippen LogP contribution is 2.26. The zero-order valence-corrected chi connectivity index (χ0v) is 20.8. The van der Waals surface area contributed by atoms with Crippen molar-refractivity contribution >= 4 is 46.4 Å². The van der Waals surface area contributed by atoms with Crippen LogP contribution in [0.3, 0.4) is 0 Å². The number of halogens is 2. The number of carbonyl (C=O) groups is 1. The molecule has 0 spiro atoms. The third-order valence-electron chi connectivity index (χ3n) is 5.67. The van der Waals surface area contributed by atoms with Crippen LogP contribution in [0.25, 0.3) is 0 Å². The molecule has 35 heavy (non-hydrogen) atoms. The molecule has 1 heterocycles. The van der Waals surface area contributed by atoms with Gasteiger partial charge < -0.3 is 15.2 Å². The van der Waals surface area contributed by atoms with Crippen LogP contribution in [0.2, 0.25) is 10.0 Å². The first-order valence-electron chi connectivity index (χ1n) is 11.0. The molecule has 0 saturated carbocycles. The van der Waals surface area contributed by atoms with Gasteiger partial charge in [0.05, 0.1) is 13.0 Å². The number of hydrogen-bond donors (Lipinski definition) is 2. The smallest absolute Gasteiger partial charge is 0.278 e. The van der Waals surface area contributed by atoms with Crippen LogP contribution in [0.1, 0.15) is 22.3 Å². The van der Waals surface area contributed by atoms with Gasteiger partial charge in [0.25, 0.3) is 5.56 Å². The Hall–Kier alpha value is -3.61. The van der Waals surface area contributed by atoms with Crippen molar-refractivity contribution in [1.82, 2.24) is 9.55 Å². The summed E-state index contributed by atoms with van der Waals surface area (Å²) in [5.41, 5.74) is 3.78. The van der Waals surface area contributed by atoms with Crippen LogP contribution in [-0.2, 0) is 17.8 Å². The van der Waals surface area contributed by atoms with Gasteiger partial charge in [0.15, 0.2) is 0 Å². The lowest BCUT2D eigenvalue weighted by molar-refractivity contribution is -0.115. The number of aromatic nitrogens is 2. The maximum atomic E-state index is 12.9. The lowest BCUT2D eigenvalue weighted by Gasteiger charge is -2.17. The van der Waals surface area contributed by atoms with Crippen molar-refractivity contribution in [3.63, 3.8) is 0 Å². The van der Waals surface area contributed by atoms with Crippen LogP contribution >= 0.6 is 23.2 Å². The summed E-state index contributed by atoms with van der Waals surface area (Å²) in [6.07, 6.45) is 1.55. The van der Waals surface area contributed by atoms with Gasteiger partial charge in [-0.25, -0.2) is 0 Å². The Morgan fingerprint density at radius 2 is 1.51 bits per heavy atom. The lowest BCUT2D eigenvalue weighted by atomic mass is 10.1. The summed E-state index contributed by atoms with van der Waals surface area (Å²) in [4.78, 5) is 29.9. The fourth-order valence-electron chi connectivity index (χ4n) is 3.63. The Morgan fingerprint density at radius 3 is 2.20 bits per heavy atom. The fraction of sp³-hybridized carbons (Fsp3) is 0.148. The Morgan fingerprint density at radius 1 is 0.886 bits per heavy atom. The summed E-state index contributed by atoms with van der Waals surface area (Å²) in [6.45, 7) is 4.17. The zero-order chi connectivity index (χ0) is 24.9. The summed E-state index contributed by atoms with van der Waals surface area (Å²) < 4.78 is 1.82. The van der Waals surface area contributed by atoms with E-state index in [0.29, 0.717) is 28.2 Å². The third-order valence-corrected chi connectivity index (χ3v) is 6.49. The number of hydrogen-bond acceptors (Lipinski definition) is 4. The van der Waals surface area contributed by atoms with Crippen LogP contribution in [0.15, 0.2) is 77.7 Å². The molecule has 0 saturated heterocycles. The summed E-state index contributed by atoms with van der Waals surface area (Å²) in [6, 6.07) is 20.6. The minimum absolute atomic E-state index is 0.122. The van der Waals surface area contributed by atoms with E-state index in [9.17, 15) is 9.59 Å². The molecule has 1 amide bonds. The largest absolute Gasteiger partial charge is 0.326 e. The van der Waals surface area contributed by atoms with Gasteiger partial charge in [-0.05, 0) is 54.8 Å². The van der Waals surface area contributed by atoms with Gasteiger partial charge in [-0.2, -0.15) is 4.98 Å². The highest BCUT2D eigenvalue weighted by atomic mass is 35.5. The van der Waals surface area contributed by atoms with Crippen molar-refractivity contribution in [3.05, 3.63) is 116 Å². The van der Waals surface area contributed by atoms with Crippen molar-refractivity contribution < 1.29 is 4.79 Å². The molecule has 4 rings (SSSR count). The predicted octanol–water partition coefficient (Wildman–Crippen LogP) is 6.14. The van der Waals surface area contributed by atoms with E-state index >= 15 is 0 Å². The SMILES string of the molecule is Cc1c(Cl)cccc1NC(=O)Cc1cn(Cc2ccccc2)c(Nc2cccc(Cl)c2C)nc1=O. The molecule has 0 aliphatic rings. The van der Waals surface area contributed by atoms with Crippen LogP contribution in [0.4, 0.5) is 17.3 Å². The monoisotopic (exact) mass is 506 g/mol. The van der Waals surface area contributed by atoms with Crippen LogP contribution in [0, 0.1) is 13.8 Å². The molecule has 6 nitrogen and oxygen atoms in total. The molecule has 1 aromatic heterocycles. The van der Waals surface area contributed by atoms with Crippen LogP contribution in [0.5, 0.6) is 0 Å². The topological polar surface area (TPSA) is 76.0 Å². The van der Waals surface area contributed by atoms with Crippen molar-refractivity contribution in [3.8, 4) is 0 Å². The Labute approximate surface area is 213 Å². The first kappa shape index (κ1) is 24.5. The third kappa shape index (κ3) is 5.91. The molecule has 0 radical (unpaired) electrons. The highest BCUT2D eigenvalue weighted by Gasteiger charge is 2.15. The quantitative estimate of drug-likeness (QED) is 0.315. The number of nitrogens with zero attached hydrogens (tertiary/aromatic N) is 2. The first-order chi connectivity index (χ1) is 16.8. The average Bonchev–Trinajstić information content (AvgIpc) is 2.83. The Kier molecular flexibility index (Phi) is 7.54. The maximum Gasteiger partial charge on any atom is 0.278 e.